The molecule has 1 N–H and O–H groups in total. The third-order valence-corrected chi connectivity index (χ3v) is 3.30. The number of thioether (sulfide) groups is 1. The van der Waals surface area contributed by atoms with Gasteiger partial charge in [0.25, 0.3) is 0 Å². The van der Waals surface area contributed by atoms with Gasteiger partial charge in [0, 0.05) is 16.7 Å². The van der Waals surface area contributed by atoms with E-state index in [1.807, 2.05) is 11.8 Å². The smallest absolute Gasteiger partial charge is 0.0346 e. The van der Waals surface area contributed by atoms with Crippen LogP contribution in [-0.4, -0.2) is 18.3 Å². The number of allylic oxidation sites excluding steroid dienone is 1. The van der Waals surface area contributed by atoms with Gasteiger partial charge in [-0.2, -0.15) is 0 Å². The van der Waals surface area contributed by atoms with Crippen LogP contribution in [0.2, 0.25) is 0 Å². The van der Waals surface area contributed by atoms with Crippen LogP contribution in [0.5, 0.6) is 0 Å². The maximum Gasteiger partial charge on any atom is 0.0346 e. The number of nitrogens with one attached hydrogen (secondary N) is 1. The van der Waals surface area contributed by atoms with Gasteiger partial charge in [-0.05, 0) is 32.5 Å². The van der Waals surface area contributed by atoms with Crippen molar-refractivity contribution in [2.75, 3.05) is 12.3 Å². The van der Waals surface area contributed by atoms with Gasteiger partial charge in [0.1, 0.15) is 0 Å². The second-order valence-electron chi connectivity index (χ2n) is 4.03. The molecule has 0 amide bonds. The quantitative estimate of drug-likeness (QED) is 0.596. The predicted molar refractivity (Wildman–Crippen MR) is 74.1 cm³/mol. The Hall–Kier alpha value is -0.730. The van der Waals surface area contributed by atoms with Crippen LogP contribution in [0.4, 0.5) is 0 Å². The zero-order valence-electron chi connectivity index (χ0n) is 10.4. The fourth-order valence-corrected chi connectivity index (χ4v) is 2.47. The van der Waals surface area contributed by atoms with Gasteiger partial charge in [-0.15, -0.1) is 11.8 Å². The third kappa shape index (κ3) is 5.38. The molecule has 88 valence electrons. The first kappa shape index (κ1) is 13.3. The molecule has 1 aromatic rings. The van der Waals surface area contributed by atoms with Gasteiger partial charge < -0.3 is 5.32 Å². The van der Waals surface area contributed by atoms with Crippen molar-refractivity contribution in [1.29, 1.82) is 0 Å². The molecule has 0 aliphatic heterocycles. The van der Waals surface area contributed by atoms with E-state index in [0.717, 1.165) is 12.3 Å². The highest BCUT2D eigenvalue weighted by molar-refractivity contribution is 7.99. The molecule has 2 heteroatoms. The Morgan fingerprint density at radius 1 is 1.31 bits per heavy atom. The Morgan fingerprint density at radius 3 is 2.56 bits per heavy atom. The molecule has 0 spiro atoms. The van der Waals surface area contributed by atoms with E-state index in [-0.39, 0.29) is 0 Å². The minimum atomic E-state index is 0.472. The van der Waals surface area contributed by atoms with Crippen LogP contribution in [0.3, 0.4) is 0 Å². The normalized spacial score (nSPS) is 12.2. The third-order valence-electron chi connectivity index (χ3n) is 2.17. The van der Waals surface area contributed by atoms with E-state index in [4.69, 9.17) is 0 Å². The summed E-state index contributed by atoms with van der Waals surface area (Å²) in [5.74, 6) is 1.09. The summed E-state index contributed by atoms with van der Waals surface area (Å²) in [6, 6.07) is 11.0. The van der Waals surface area contributed by atoms with Crippen molar-refractivity contribution >= 4 is 11.8 Å². The molecule has 0 bridgehead atoms. The lowest BCUT2D eigenvalue weighted by molar-refractivity contribution is 0.665. The van der Waals surface area contributed by atoms with Crippen LogP contribution < -0.4 is 5.32 Å². The number of rotatable bonds is 6. The Morgan fingerprint density at radius 2 is 2.00 bits per heavy atom. The molecule has 0 fully saturated rings. The summed E-state index contributed by atoms with van der Waals surface area (Å²) in [4.78, 5) is 1.34. The Labute approximate surface area is 103 Å². The lowest BCUT2D eigenvalue weighted by Crippen LogP contribution is -2.29. The maximum absolute atomic E-state index is 3.49. The summed E-state index contributed by atoms with van der Waals surface area (Å²) in [5.41, 5.74) is 1.37. The Kier molecular flexibility index (Phi) is 6.27. The average Bonchev–Trinajstić information content (AvgIpc) is 2.27. The van der Waals surface area contributed by atoms with Crippen molar-refractivity contribution in [3.8, 4) is 0 Å². The second-order valence-corrected chi connectivity index (χ2v) is 5.13. The van der Waals surface area contributed by atoms with E-state index in [2.05, 4.69) is 62.5 Å². The average molecular weight is 235 g/mol. The van der Waals surface area contributed by atoms with Crippen LogP contribution in [-0.2, 0) is 0 Å². The second kappa shape index (κ2) is 7.53. The van der Waals surface area contributed by atoms with E-state index in [9.17, 15) is 0 Å². The zero-order chi connectivity index (χ0) is 11.8. The van der Waals surface area contributed by atoms with E-state index >= 15 is 0 Å². The molecule has 1 unspecified atom stereocenters. The van der Waals surface area contributed by atoms with Gasteiger partial charge in [-0.25, -0.2) is 0 Å². The highest BCUT2D eigenvalue weighted by atomic mass is 32.2. The molecule has 0 aromatic heterocycles. The molecular weight excluding hydrogens is 214 g/mol. The largest absolute Gasteiger partial charge is 0.310 e. The molecule has 1 atom stereocenters. The monoisotopic (exact) mass is 235 g/mol. The molecule has 0 aliphatic carbocycles. The molecule has 0 saturated carbocycles. The molecule has 1 nitrogen and oxygen atoms in total. The fourth-order valence-electron chi connectivity index (χ4n) is 1.53. The van der Waals surface area contributed by atoms with E-state index in [1.54, 1.807) is 0 Å². The van der Waals surface area contributed by atoms with Crippen LogP contribution in [0.15, 0.2) is 46.9 Å². The number of hydrogen-bond donors (Lipinski definition) is 1. The Balaban J connectivity index is 2.47. The van der Waals surface area contributed by atoms with Gasteiger partial charge in [0.15, 0.2) is 0 Å². The van der Waals surface area contributed by atoms with Crippen LogP contribution in [0.25, 0.3) is 0 Å². The zero-order valence-corrected chi connectivity index (χ0v) is 11.2. The SMILES string of the molecule is CCNC(C=C(C)C)CSc1ccccc1. The maximum atomic E-state index is 3.49. The summed E-state index contributed by atoms with van der Waals surface area (Å²) in [6.45, 7) is 7.47. The van der Waals surface area contributed by atoms with Crippen LogP contribution >= 0.6 is 11.8 Å². The molecule has 1 rings (SSSR count). The summed E-state index contributed by atoms with van der Waals surface area (Å²) >= 11 is 1.90. The lowest BCUT2D eigenvalue weighted by atomic mass is 10.2. The van der Waals surface area contributed by atoms with E-state index in [1.165, 1.54) is 10.5 Å². The molecule has 16 heavy (non-hydrogen) atoms. The number of likely N-dealkylation sites (N-methyl/N-ethyl adjacent to an activating group) is 1. The highest BCUT2D eigenvalue weighted by Crippen LogP contribution is 2.18. The molecule has 0 radical (unpaired) electrons. The van der Waals surface area contributed by atoms with Gasteiger partial charge in [-0.1, -0.05) is 36.8 Å². The first-order chi connectivity index (χ1) is 7.72. The summed E-state index contributed by atoms with van der Waals surface area (Å²) in [7, 11) is 0. The summed E-state index contributed by atoms with van der Waals surface area (Å²) in [6.07, 6.45) is 2.31. The first-order valence-corrected chi connectivity index (χ1v) is 6.77. The van der Waals surface area contributed by atoms with Crippen LogP contribution in [0, 0.1) is 0 Å². The molecule has 0 aliphatic rings. The van der Waals surface area contributed by atoms with Crippen molar-refractivity contribution in [2.24, 2.45) is 0 Å². The number of hydrogen-bond acceptors (Lipinski definition) is 2. The summed E-state index contributed by atoms with van der Waals surface area (Å²) in [5, 5.41) is 3.49. The minimum absolute atomic E-state index is 0.472. The molecule has 1 aromatic carbocycles. The molecule has 0 heterocycles. The Bertz CT molecular complexity index is 315. The fraction of sp³-hybridized carbons (Fsp3) is 0.429. The number of benzene rings is 1. The van der Waals surface area contributed by atoms with E-state index in [0.29, 0.717) is 6.04 Å². The lowest BCUT2D eigenvalue weighted by Gasteiger charge is -2.14. The van der Waals surface area contributed by atoms with Gasteiger partial charge in [0.05, 0.1) is 0 Å². The molecule has 0 saturated heterocycles. The topological polar surface area (TPSA) is 12.0 Å². The highest BCUT2D eigenvalue weighted by Gasteiger charge is 2.04. The van der Waals surface area contributed by atoms with Crippen molar-refractivity contribution in [3.05, 3.63) is 42.0 Å². The van der Waals surface area contributed by atoms with Crippen LogP contribution in [0.1, 0.15) is 20.8 Å². The van der Waals surface area contributed by atoms with E-state index < -0.39 is 0 Å². The standard InChI is InChI=1S/C14H21NS/c1-4-15-13(10-12(2)3)11-16-14-8-6-5-7-9-14/h5-10,13,15H,4,11H2,1-3H3. The predicted octanol–water partition coefficient (Wildman–Crippen LogP) is 3.72. The molecular formula is C14H21NS. The van der Waals surface area contributed by atoms with Crippen molar-refractivity contribution < 1.29 is 0 Å². The van der Waals surface area contributed by atoms with Crippen molar-refractivity contribution in [3.63, 3.8) is 0 Å². The summed E-state index contributed by atoms with van der Waals surface area (Å²) < 4.78 is 0. The van der Waals surface area contributed by atoms with Crippen molar-refractivity contribution in [2.45, 2.75) is 31.7 Å². The first-order valence-electron chi connectivity index (χ1n) is 5.78. The van der Waals surface area contributed by atoms with Crippen molar-refractivity contribution in [1.82, 2.24) is 5.32 Å². The van der Waals surface area contributed by atoms with Gasteiger partial charge in [-0.3, -0.25) is 0 Å². The van der Waals surface area contributed by atoms with Gasteiger partial charge in [0.2, 0.25) is 0 Å². The van der Waals surface area contributed by atoms with Gasteiger partial charge >= 0.3 is 0 Å². The minimum Gasteiger partial charge on any atom is -0.310 e.